The van der Waals surface area contributed by atoms with Crippen LogP contribution in [0.2, 0.25) is 5.02 Å². The lowest BCUT2D eigenvalue weighted by atomic mass is 9.79. The topological polar surface area (TPSA) is 80.9 Å². The number of hydrogen-bond donors (Lipinski definition) is 4. The fourth-order valence-corrected chi connectivity index (χ4v) is 1.15. The Hall–Kier alpha value is -0.905. The van der Waals surface area contributed by atoms with Crippen molar-refractivity contribution in [2.75, 3.05) is 0 Å². The summed E-state index contributed by atoms with van der Waals surface area (Å²) in [4.78, 5) is 0. The summed E-state index contributed by atoms with van der Waals surface area (Å²) in [6, 6.07) is 2.08. The molecule has 4 nitrogen and oxygen atoms in total. The zero-order valence-electron chi connectivity index (χ0n) is 5.90. The molecule has 0 saturated carbocycles. The second-order valence-electron chi connectivity index (χ2n) is 2.23. The lowest BCUT2D eigenvalue weighted by Gasteiger charge is -2.05. The SMILES string of the molecule is OB(O)c1c(O)cc(O)cc1Cl. The fraction of sp³-hybridized carbons (Fsp3) is 0. The fourth-order valence-electron chi connectivity index (χ4n) is 0.845. The van der Waals surface area contributed by atoms with Gasteiger partial charge in [-0.2, -0.15) is 0 Å². The van der Waals surface area contributed by atoms with E-state index >= 15 is 0 Å². The molecular formula is C6H6BClO4. The summed E-state index contributed by atoms with van der Waals surface area (Å²) in [5.74, 6) is -0.683. The minimum Gasteiger partial charge on any atom is -0.508 e. The van der Waals surface area contributed by atoms with Gasteiger partial charge in [-0.05, 0) is 6.07 Å². The third-order valence-corrected chi connectivity index (χ3v) is 1.66. The van der Waals surface area contributed by atoms with Crippen molar-refractivity contribution in [1.82, 2.24) is 0 Å². The van der Waals surface area contributed by atoms with Crippen LogP contribution >= 0.6 is 11.6 Å². The Labute approximate surface area is 73.8 Å². The van der Waals surface area contributed by atoms with Crippen LogP contribution in [0, 0.1) is 0 Å². The number of hydrogen-bond acceptors (Lipinski definition) is 4. The van der Waals surface area contributed by atoms with E-state index in [0.717, 1.165) is 12.1 Å². The largest absolute Gasteiger partial charge is 0.508 e. The van der Waals surface area contributed by atoms with Gasteiger partial charge in [-0.15, -0.1) is 0 Å². The smallest absolute Gasteiger partial charge is 0.493 e. The van der Waals surface area contributed by atoms with Crippen LogP contribution in [0.1, 0.15) is 0 Å². The normalized spacial score (nSPS) is 9.92. The lowest BCUT2D eigenvalue weighted by Crippen LogP contribution is -2.30. The number of halogens is 1. The van der Waals surface area contributed by atoms with Gasteiger partial charge < -0.3 is 20.3 Å². The average molecular weight is 188 g/mol. The number of phenols is 2. The predicted octanol–water partition coefficient (Wildman–Crippen LogP) is -0.569. The van der Waals surface area contributed by atoms with Gasteiger partial charge in [-0.3, -0.25) is 0 Å². The van der Waals surface area contributed by atoms with Crippen LogP contribution < -0.4 is 5.46 Å². The minimum atomic E-state index is -1.85. The first-order chi connectivity index (χ1) is 5.52. The first-order valence-electron chi connectivity index (χ1n) is 3.10. The quantitative estimate of drug-likeness (QED) is 0.445. The van der Waals surface area contributed by atoms with E-state index in [-0.39, 0.29) is 16.2 Å². The monoisotopic (exact) mass is 188 g/mol. The Morgan fingerprint density at radius 2 is 1.75 bits per heavy atom. The molecule has 0 heterocycles. The van der Waals surface area contributed by atoms with E-state index in [4.69, 9.17) is 31.9 Å². The second-order valence-corrected chi connectivity index (χ2v) is 2.64. The van der Waals surface area contributed by atoms with Crippen molar-refractivity contribution in [3.8, 4) is 11.5 Å². The molecule has 1 rings (SSSR count). The summed E-state index contributed by atoms with van der Waals surface area (Å²) in [7, 11) is -1.85. The maximum atomic E-state index is 9.08. The highest BCUT2D eigenvalue weighted by molar-refractivity contribution is 6.63. The Balaban J connectivity index is 3.28. The molecule has 6 heteroatoms. The molecule has 0 aromatic heterocycles. The molecule has 64 valence electrons. The molecule has 0 bridgehead atoms. The summed E-state index contributed by atoms with van der Waals surface area (Å²) in [5, 5.41) is 35.3. The summed E-state index contributed by atoms with van der Waals surface area (Å²) >= 11 is 5.49. The maximum Gasteiger partial charge on any atom is 0.493 e. The molecule has 0 atom stereocenters. The van der Waals surface area contributed by atoms with E-state index in [1.807, 2.05) is 0 Å². The van der Waals surface area contributed by atoms with E-state index in [9.17, 15) is 0 Å². The Kier molecular flexibility index (Phi) is 2.47. The average Bonchev–Trinajstić information content (AvgIpc) is 1.82. The third kappa shape index (κ3) is 1.63. The molecule has 1 aromatic carbocycles. The molecule has 4 N–H and O–H groups in total. The van der Waals surface area contributed by atoms with E-state index in [1.54, 1.807) is 0 Å². The molecule has 0 fully saturated rings. The van der Waals surface area contributed by atoms with E-state index in [1.165, 1.54) is 0 Å². The molecule has 0 saturated heterocycles. The summed E-state index contributed by atoms with van der Waals surface area (Å²) < 4.78 is 0. The predicted molar refractivity (Wildman–Crippen MR) is 44.6 cm³/mol. The zero-order valence-corrected chi connectivity index (χ0v) is 6.65. The van der Waals surface area contributed by atoms with E-state index < -0.39 is 12.9 Å². The number of rotatable bonds is 1. The van der Waals surface area contributed by atoms with Gasteiger partial charge in [0.2, 0.25) is 0 Å². The van der Waals surface area contributed by atoms with Crippen molar-refractivity contribution in [3.05, 3.63) is 17.2 Å². The summed E-state index contributed by atoms with van der Waals surface area (Å²) in [6.45, 7) is 0. The number of aromatic hydroxyl groups is 2. The van der Waals surface area contributed by atoms with Crippen LogP contribution in [0.5, 0.6) is 11.5 Å². The Bertz CT molecular complexity index is 279. The Morgan fingerprint density at radius 1 is 1.17 bits per heavy atom. The maximum absolute atomic E-state index is 9.08. The first kappa shape index (κ1) is 9.19. The van der Waals surface area contributed by atoms with Gasteiger partial charge in [-0.1, -0.05) is 11.6 Å². The highest BCUT2D eigenvalue weighted by Gasteiger charge is 2.20. The summed E-state index contributed by atoms with van der Waals surface area (Å²) in [6.07, 6.45) is 0. The van der Waals surface area contributed by atoms with Crippen molar-refractivity contribution < 1.29 is 20.3 Å². The van der Waals surface area contributed by atoms with Gasteiger partial charge >= 0.3 is 7.12 Å². The van der Waals surface area contributed by atoms with Crippen LogP contribution in [0.4, 0.5) is 0 Å². The molecule has 0 amide bonds. The van der Waals surface area contributed by atoms with Crippen LogP contribution in [-0.2, 0) is 0 Å². The first-order valence-corrected chi connectivity index (χ1v) is 3.47. The van der Waals surface area contributed by atoms with Gasteiger partial charge in [-0.25, -0.2) is 0 Å². The van der Waals surface area contributed by atoms with Crippen LogP contribution in [-0.4, -0.2) is 27.4 Å². The molecular weight excluding hydrogens is 182 g/mol. The molecule has 0 unspecified atom stereocenters. The van der Waals surface area contributed by atoms with Crippen molar-refractivity contribution in [3.63, 3.8) is 0 Å². The minimum absolute atomic E-state index is 0.0949. The van der Waals surface area contributed by atoms with Gasteiger partial charge in [0.15, 0.2) is 0 Å². The third-order valence-electron chi connectivity index (χ3n) is 1.35. The van der Waals surface area contributed by atoms with Gasteiger partial charge in [0.1, 0.15) is 11.5 Å². The molecule has 12 heavy (non-hydrogen) atoms. The zero-order chi connectivity index (χ0) is 9.30. The molecule has 0 aliphatic carbocycles. The van der Waals surface area contributed by atoms with E-state index in [2.05, 4.69) is 0 Å². The van der Waals surface area contributed by atoms with Crippen molar-refractivity contribution >= 4 is 24.2 Å². The van der Waals surface area contributed by atoms with Gasteiger partial charge in [0, 0.05) is 16.6 Å². The molecule has 1 aromatic rings. The van der Waals surface area contributed by atoms with Crippen molar-refractivity contribution in [2.45, 2.75) is 0 Å². The van der Waals surface area contributed by atoms with Crippen LogP contribution in [0.15, 0.2) is 12.1 Å². The number of benzene rings is 1. The second kappa shape index (κ2) is 3.22. The van der Waals surface area contributed by atoms with E-state index in [0.29, 0.717) is 0 Å². The van der Waals surface area contributed by atoms with Crippen molar-refractivity contribution in [2.24, 2.45) is 0 Å². The Morgan fingerprint density at radius 3 is 2.17 bits per heavy atom. The van der Waals surface area contributed by atoms with Gasteiger partial charge in [0.25, 0.3) is 0 Å². The van der Waals surface area contributed by atoms with Gasteiger partial charge in [0.05, 0.1) is 0 Å². The van der Waals surface area contributed by atoms with Crippen LogP contribution in [0.3, 0.4) is 0 Å². The molecule has 0 aliphatic rings. The molecule has 0 spiro atoms. The lowest BCUT2D eigenvalue weighted by molar-refractivity contribution is 0.418. The van der Waals surface area contributed by atoms with Crippen molar-refractivity contribution in [1.29, 1.82) is 0 Å². The molecule has 0 radical (unpaired) electrons. The number of phenolic OH excluding ortho intramolecular Hbond substituents is 2. The molecule has 0 aliphatic heterocycles. The highest BCUT2D eigenvalue weighted by Crippen LogP contribution is 2.21. The van der Waals surface area contributed by atoms with Crippen LogP contribution in [0.25, 0.3) is 0 Å². The standard InChI is InChI=1S/C6H6BClO4/c8-4-1-3(9)2-5(10)6(4)7(11)12/h1-2,9-12H. The summed E-state index contributed by atoms with van der Waals surface area (Å²) in [5.41, 5.74) is -0.213. The highest BCUT2D eigenvalue weighted by atomic mass is 35.5.